The van der Waals surface area contributed by atoms with E-state index < -0.39 is 0 Å². The van der Waals surface area contributed by atoms with Gasteiger partial charge < -0.3 is 10.6 Å². The zero-order valence-corrected chi connectivity index (χ0v) is 15.0. The van der Waals surface area contributed by atoms with E-state index in [1.165, 1.54) is 10.4 Å². The van der Waals surface area contributed by atoms with Crippen molar-refractivity contribution in [1.82, 2.24) is 20.5 Å². The van der Waals surface area contributed by atoms with Gasteiger partial charge in [-0.3, -0.25) is 9.88 Å². The van der Waals surface area contributed by atoms with Crippen molar-refractivity contribution in [2.45, 2.75) is 38.9 Å². The summed E-state index contributed by atoms with van der Waals surface area (Å²) in [4.78, 5) is 20.1. The summed E-state index contributed by atoms with van der Waals surface area (Å²) in [6, 6.07) is 6.19. The lowest BCUT2D eigenvalue weighted by atomic mass is 10.1. The zero-order valence-electron chi connectivity index (χ0n) is 14.2. The van der Waals surface area contributed by atoms with E-state index in [9.17, 15) is 4.79 Å². The van der Waals surface area contributed by atoms with Crippen LogP contribution in [0.25, 0.3) is 0 Å². The van der Waals surface area contributed by atoms with Crippen LogP contribution in [0.15, 0.2) is 36.0 Å². The van der Waals surface area contributed by atoms with Crippen LogP contribution < -0.4 is 10.6 Å². The zero-order chi connectivity index (χ0) is 16.9. The summed E-state index contributed by atoms with van der Waals surface area (Å²) in [7, 11) is 0. The van der Waals surface area contributed by atoms with Crippen molar-refractivity contribution in [2.75, 3.05) is 13.1 Å². The molecular weight excluding hydrogens is 320 g/mol. The lowest BCUT2D eigenvalue weighted by Gasteiger charge is -2.32. The minimum absolute atomic E-state index is 0.0580. The number of nitrogens with zero attached hydrogens (tertiary/aromatic N) is 2. The van der Waals surface area contributed by atoms with Crippen LogP contribution in [-0.2, 0) is 13.0 Å². The summed E-state index contributed by atoms with van der Waals surface area (Å²) in [6.45, 7) is 6.81. The van der Waals surface area contributed by atoms with Crippen molar-refractivity contribution in [3.63, 3.8) is 0 Å². The number of carbonyl (C=O) groups excluding carboxylic acids is 1. The Kier molecular flexibility index (Phi) is 5.48. The summed E-state index contributed by atoms with van der Waals surface area (Å²) in [6.07, 6.45) is 4.62. The molecule has 0 fully saturated rings. The van der Waals surface area contributed by atoms with Crippen LogP contribution in [0.3, 0.4) is 0 Å². The number of thiophene rings is 1. The summed E-state index contributed by atoms with van der Waals surface area (Å²) in [5, 5.41) is 8.12. The summed E-state index contributed by atoms with van der Waals surface area (Å²) >= 11 is 1.85. The second kappa shape index (κ2) is 7.77. The molecule has 0 aromatic carbocycles. The topological polar surface area (TPSA) is 57.3 Å². The Hall–Kier alpha value is -1.92. The average Bonchev–Trinajstić information content (AvgIpc) is 3.08. The predicted molar refractivity (Wildman–Crippen MR) is 97.1 cm³/mol. The highest BCUT2D eigenvalue weighted by Crippen LogP contribution is 2.24. The van der Waals surface area contributed by atoms with Crippen molar-refractivity contribution >= 4 is 17.4 Å². The fourth-order valence-corrected chi connectivity index (χ4v) is 3.87. The Labute approximate surface area is 147 Å². The van der Waals surface area contributed by atoms with Crippen LogP contribution in [0.1, 0.15) is 35.9 Å². The van der Waals surface area contributed by atoms with Gasteiger partial charge in [-0.1, -0.05) is 6.07 Å². The van der Waals surface area contributed by atoms with Gasteiger partial charge in [0.1, 0.15) is 0 Å². The maximum Gasteiger partial charge on any atom is 0.315 e. The molecule has 2 aromatic rings. The highest BCUT2D eigenvalue weighted by atomic mass is 32.1. The molecule has 0 spiro atoms. The molecule has 2 aromatic heterocycles. The van der Waals surface area contributed by atoms with Gasteiger partial charge in [0.15, 0.2) is 0 Å². The van der Waals surface area contributed by atoms with Gasteiger partial charge in [0.2, 0.25) is 0 Å². The van der Waals surface area contributed by atoms with Crippen LogP contribution in [0.4, 0.5) is 4.79 Å². The average molecular weight is 344 g/mol. The molecule has 3 heterocycles. The molecule has 0 aliphatic carbocycles. The third kappa shape index (κ3) is 4.13. The van der Waals surface area contributed by atoms with E-state index in [1.54, 1.807) is 12.4 Å². The van der Waals surface area contributed by atoms with Gasteiger partial charge in [-0.25, -0.2) is 4.79 Å². The molecule has 128 valence electrons. The van der Waals surface area contributed by atoms with Gasteiger partial charge in [0.05, 0.1) is 6.04 Å². The predicted octanol–water partition coefficient (Wildman–Crippen LogP) is 2.95. The molecule has 0 unspecified atom stereocenters. The van der Waals surface area contributed by atoms with E-state index in [1.807, 2.05) is 30.4 Å². The van der Waals surface area contributed by atoms with E-state index >= 15 is 0 Å². The van der Waals surface area contributed by atoms with Crippen LogP contribution in [0.5, 0.6) is 0 Å². The molecule has 5 nitrogen and oxygen atoms in total. The lowest BCUT2D eigenvalue weighted by Crippen LogP contribution is -2.46. The molecule has 2 N–H and O–H groups in total. The summed E-state index contributed by atoms with van der Waals surface area (Å²) in [5.74, 6) is 0. The monoisotopic (exact) mass is 344 g/mol. The number of urea groups is 1. The fraction of sp³-hybridized carbons (Fsp3) is 0.444. The first-order chi connectivity index (χ1) is 11.6. The standard InChI is InChI=1S/C18H24N4OS/c1-13(22-8-5-17-16(12-22)6-9-24-17)10-20-18(23)21-14(2)15-4-3-7-19-11-15/h3-4,6-7,9,11,13-14H,5,8,10,12H2,1-2H3,(H2,20,21,23)/t13-,14+/m1/s1. The summed E-state index contributed by atoms with van der Waals surface area (Å²) in [5.41, 5.74) is 2.44. The number of hydrogen-bond donors (Lipinski definition) is 2. The molecule has 2 atom stereocenters. The number of pyridine rings is 1. The number of carbonyl (C=O) groups is 1. The van der Waals surface area contributed by atoms with Crippen molar-refractivity contribution in [2.24, 2.45) is 0 Å². The summed E-state index contributed by atoms with van der Waals surface area (Å²) < 4.78 is 0. The smallest absolute Gasteiger partial charge is 0.315 e. The Morgan fingerprint density at radius 1 is 1.42 bits per heavy atom. The molecule has 24 heavy (non-hydrogen) atoms. The first kappa shape index (κ1) is 16.9. The van der Waals surface area contributed by atoms with E-state index in [0.717, 1.165) is 25.1 Å². The Balaban J connectivity index is 1.44. The number of amides is 2. The van der Waals surface area contributed by atoms with E-state index in [0.29, 0.717) is 12.6 Å². The highest BCUT2D eigenvalue weighted by molar-refractivity contribution is 7.10. The molecular formula is C18H24N4OS. The van der Waals surface area contributed by atoms with Gasteiger partial charge in [0.25, 0.3) is 0 Å². The normalized spacial score (nSPS) is 16.9. The fourth-order valence-electron chi connectivity index (χ4n) is 2.98. The van der Waals surface area contributed by atoms with E-state index in [2.05, 4.69) is 38.9 Å². The Morgan fingerprint density at radius 3 is 3.08 bits per heavy atom. The molecule has 0 radical (unpaired) electrons. The second-order valence-corrected chi connectivity index (χ2v) is 7.30. The highest BCUT2D eigenvalue weighted by Gasteiger charge is 2.21. The quantitative estimate of drug-likeness (QED) is 0.877. The minimum Gasteiger partial charge on any atom is -0.337 e. The van der Waals surface area contributed by atoms with Gasteiger partial charge >= 0.3 is 6.03 Å². The van der Waals surface area contributed by atoms with Gasteiger partial charge in [-0.05, 0) is 48.9 Å². The first-order valence-corrected chi connectivity index (χ1v) is 9.25. The number of hydrogen-bond acceptors (Lipinski definition) is 4. The Bertz CT molecular complexity index is 673. The molecule has 1 aliphatic rings. The van der Waals surface area contributed by atoms with E-state index in [-0.39, 0.29) is 12.1 Å². The van der Waals surface area contributed by atoms with Crippen molar-refractivity contribution in [3.8, 4) is 0 Å². The molecule has 6 heteroatoms. The number of fused-ring (bicyclic) bond motifs is 1. The van der Waals surface area contributed by atoms with Crippen LogP contribution >= 0.6 is 11.3 Å². The molecule has 0 bridgehead atoms. The lowest BCUT2D eigenvalue weighted by molar-refractivity contribution is 0.185. The van der Waals surface area contributed by atoms with Crippen molar-refractivity contribution < 1.29 is 4.79 Å². The number of nitrogens with one attached hydrogen (secondary N) is 2. The maximum atomic E-state index is 12.1. The number of rotatable bonds is 5. The Morgan fingerprint density at radius 2 is 2.29 bits per heavy atom. The van der Waals surface area contributed by atoms with E-state index in [4.69, 9.17) is 0 Å². The second-order valence-electron chi connectivity index (χ2n) is 6.30. The van der Waals surface area contributed by atoms with Crippen molar-refractivity contribution in [1.29, 1.82) is 0 Å². The maximum absolute atomic E-state index is 12.1. The molecule has 1 aliphatic heterocycles. The van der Waals surface area contributed by atoms with Crippen LogP contribution in [-0.4, -0.2) is 35.0 Å². The molecule has 0 saturated carbocycles. The number of aromatic nitrogens is 1. The third-order valence-corrected chi connectivity index (χ3v) is 5.57. The minimum atomic E-state index is -0.133. The van der Waals surface area contributed by atoms with Gasteiger partial charge in [0, 0.05) is 42.9 Å². The molecule has 0 saturated heterocycles. The van der Waals surface area contributed by atoms with Gasteiger partial charge in [-0.2, -0.15) is 0 Å². The van der Waals surface area contributed by atoms with Gasteiger partial charge in [-0.15, -0.1) is 11.3 Å². The van der Waals surface area contributed by atoms with Crippen LogP contribution in [0.2, 0.25) is 0 Å². The molecule has 2 amide bonds. The SMILES string of the molecule is C[C@H](NC(=O)NC[C@@H](C)N1CCc2sccc2C1)c1cccnc1. The van der Waals surface area contributed by atoms with Crippen molar-refractivity contribution in [3.05, 3.63) is 52.0 Å². The van der Waals surface area contributed by atoms with Crippen LogP contribution in [0, 0.1) is 0 Å². The first-order valence-electron chi connectivity index (χ1n) is 8.37. The molecule has 3 rings (SSSR count). The third-order valence-electron chi connectivity index (χ3n) is 4.55. The largest absolute Gasteiger partial charge is 0.337 e.